The number of nitriles is 1. The van der Waals surface area contributed by atoms with Gasteiger partial charge in [0.25, 0.3) is 5.91 Å². The number of hydrogen-bond donors (Lipinski definition) is 0. The molecule has 0 N–H and O–H groups in total. The SMILES string of the molecule is COCCN1CC2=C(C1=O)C(c1ccc(C#N)cc1)n1ncnc1N2c1cccc(C(F)(F)F)c1. The second kappa shape index (κ2) is 8.56. The lowest BCUT2D eigenvalue weighted by Crippen LogP contribution is -2.33. The molecule has 0 saturated heterocycles. The van der Waals surface area contributed by atoms with Crippen molar-refractivity contribution in [2.45, 2.75) is 12.2 Å². The fraction of sp³-hybridized carbons (Fsp3) is 0.250. The molecular weight excluding hydrogens is 461 g/mol. The van der Waals surface area contributed by atoms with Gasteiger partial charge in [0.1, 0.15) is 12.4 Å². The first kappa shape index (κ1) is 22.6. The molecule has 0 radical (unpaired) electrons. The third-order valence-electron chi connectivity index (χ3n) is 6.06. The standard InChI is InChI=1S/C24H19F3N6O2/c1-35-10-9-31-13-19-20(22(31)34)21(16-7-5-15(12-28)6-8-16)33-23(29-14-30-33)32(19)18-4-2-3-17(11-18)24(25,26)27/h2-8,11,14,21H,9-10,13H2,1H3. The predicted molar refractivity (Wildman–Crippen MR) is 118 cm³/mol. The maximum atomic E-state index is 13.6. The molecular formula is C24H19F3N6O2. The third kappa shape index (κ3) is 3.81. The Labute approximate surface area is 198 Å². The molecule has 5 rings (SSSR count). The number of amides is 1. The molecule has 11 heteroatoms. The van der Waals surface area contributed by atoms with Crippen molar-refractivity contribution < 1.29 is 22.7 Å². The van der Waals surface area contributed by atoms with Gasteiger partial charge in [-0.3, -0.25) is 9.69 Å². The highest BCUT2D eigenvalue weighted by molar-refractivity contribution is 6.01. The summed E-state index contributed by atoms with van der Waals surface area (Å²) < 4.78 is 47.1. The van der Waals surface area contributed by atoms with Crippen molar-refractivity contribution >= 4 is 17.5 Å². The predicted octanol–water partition coefficient (Wildman–Crippen LogP) is 3.65. The van der Waals surface area contributed by atoms with E-state index in [-0.39, 0.29) is 18.1 Å². The zero-order valence-corrected chi connectivity index (χ0v) is 18.5. The fourth-order valence-corrected chi connectivity index (χ4v) is 4.45. The highest BCUT2D eigenvalue weighted by Gasteiger charge is 2.45. The molecule has 2 aliphatic heterocycles. The summed E-state index contributed by atoms with van der Waals surface area (Å²) in [5.74, 6) is 0.0309. The van der Waals surface area contributed by atoms with Crippen LogP contribution in [0.15, 0.2) is 66.1 Å². The molecule has 1 atom stereocenters. The fourth-order valence-electron chi connectivity index (χ4n) is 4.45. The Bertz CT molecular complexity index is 1360. The summed E-state index contributed by atoms with van der Waals surface area (Å²) in [6.45, 7) is 0.794. The Morgan fingerprint density at radius 3 is 2.66 bits per heavy atom. The van der Waals surface area contributed by atoms with Crippen LogP contribution in [-0.4, -0.2) is 52.4 Å². The Kier molecular flexibility index (Phi) is 5.53. The van der Waals surface area contributed by atoms with Crippen LogP contribution in [0.3, 0.4) is 0 Å². The Hall–Kier alpha value is -4.17. The molecule has 0 bridgehead atoms. The number of fused-ring (bicyclic) bond motifs is 1. The Morgan fingerprint density at radius 2 is 1.97 bits per heavy atom. The zero-order valence-electron chi connectivity index (χ0n) is 18.5. The molecule has 1 aromatic heterocycles. The topological polar surface area (TPSA) is 87.3 Å². The quantitative estimate of drug-likeness (QED) is 0.554. The average molecular weight is 480 g/mol. The molecule has 0 saturated carbocycles. The molecule has 35 heavy (non-hydrogen) atoms. The third-order valence-corrected chi connectivity index (χ3v) is 6.06. The first-order valence-electron chi connectivity index (χ1n) is 10.7. The highest BCUT2D eigenvalue weighted by Crippen LogP contribution is 2.45. The molecule has 0 spiro atoms. The summed E-state index contributed by atoms with van der Waals surface area (Å²) in [7, 11) is 1.53. The van der Waals surface area contributed by atoms with Crippen LogP contribution in [0.5, 0.6) is 0 Å². The number of benzene rings is 2. The number of carbonyl (C=O) groups excluding carboxylic acids is 1. The molecule has 1 amide bonds. The van der Waals surface area contributed by atoms with Crippen molar-refractivity contribution in [2.24, 2.45) is 0 Å². The van der Waals surface area contributed by atoms with Gasteiger partial charge in [0.2, 0.25) is 5.95 Å². The van der Waals surface area contributed by atoms with Gasteiger partial charge in [-0.1, -0.05) is 18.2 Å². The summed E-state index contributed by atoms with van der Waals surface area (Å²) in [5.41, 5.74) is 1.50. The van der Waals surface area contributed by atoms with E-state index in [0.717, 1.165) is 12.1 Å². The smallest absolute Gasteiger partial charge is 0.383 e. The monoisotopic (exact) mass is 480 g/mol. The molecule has 2 aromatic carbocycles. The van der Waals surface area contributed by atoms with Gasteiger partial charge < -0.3 is 9.64 Å². The minimum atomic E-state index is -4.53. The summed E-state index contributed by atoms with van der Waals surface area (Å²) in [6.07, 6.45) is -3.22. The van der Waals surface area contributed by atoms with Crippen molar-refractivity contribution in [1.82, 2.24) is 19.7 Å². The normalized spacial score (nSPS) is 17.5. The molecule has 3 aromatic rings. The maximum Gasteiger partial charge on any atom is 0.416 e. The first-order chi connectivity index (χ1) is 16.8. The summed E-state index contributed by atoms with van der Waals surface area (Å²) in [6, 6.07) is 13.1. The molecule has 0 fully saturated rings. The molecule has 178 valence electrons. The van der Waals surface area contributed by atoms with Gasteiger partial charge in [-0.25, -0.2) is 4.68 Å². The van der Waals surface area contributed by atoms with Gasteiger partial charge >= 0.3 is 6.18 Å². The first-order valence-corrected chi connectivity index (χ1v) is 10.7. The highest BCUT2D eigenvalue weighted by atomic mass is 19.4. The Balaban J connectivity index is 1.69. The van der Waals surface area contributed by atoms with Crippen LogP contribution in [0.25, 0.3) is 0 Å². The van der Waals surface area contributed by atoms with E-state index in [2.05, 4.69) is 16.2 Å². The molecule has 3 heterocycles. The number of anilines is 2. The van der Waals surface area contributed by atoms with E-state index in [1.54, 1.807) is 40.1 Å². The number of rotatable bonds is 5. The number of carbonyl (C=O) groups is 1. The number of halogens is 3. The molecule has 2 aliphatic rings. The van der Waals surface area contributed by atoms with Crippen LogP contribution in [0.1, 0.15) is 22.7 Å². The van der Waals surface area contributed by atoms with Gasteiger partial charge in [-0.2, -0.15) is 28.5 Å². The van der Waals surface area contributed by atoms with E-state index < -0.39 is 17.8 Å². The van der Waals surface area contributed by atoms with Crippen LogP contribution in [0, 0.1) is 11.3 Å². The van der Waals surface area contributed by atoms with Crippen LogP contribution < -0.4 is 4.90 Å². The second-order valence-corrected chi connectivity index (χ2v) is 8.10. The largest absolute Gasteiger partial charge is 0.416 e. The number of hydrogen-bond acceptors (Lipinski definition) is 6. The zero-order chi connectivity index (χ0) is 24.7. The summed E-state index contributed by atoms with van der Waals surface area (Å²) in [5, 5.41) is 13.5. The number of nitrogens with zero attached hydrogens (tertiary/aromatic N) is 6. The van der Waals surface area contributed by atoms with E-state index in [1.807, 2.05) is 0 Å². The van der Waals surface area contributed by atoms with Gasteiger partial charge in [0, 0.05) is 19.3 Å². The van der Waals surface area contributed by atoms with Crippen LogP contribution in [-0.2, 0) is 15.7 Å². The molecule has 8 nitrogen and oxygen atoms in total. The van der Waals surface area contributed by atoms with Crippen LogP contribution in [0.2, 0.25) is 0 Å². The van der Waals surface area contributed by atoms with Crippen molar-refractivity contribution in [3.8, 4) is 6.07 Å². The van der Waals surface area contributed by atoms with Crippen molar-refractivity contribution in [1.29, 1.82) is 5.26 Å². The van der Waals surface area contributed by atoms with E-state index in [9.17, 15) is 18.0 Å². The van der Waals surface area contributed by atoms with E-state index in [1.165, 1.54) is 24.2 Å². The van der Waals surface area contributed by atoms with Gasteiger partial charge in [-0.15, -0.1) is 0 Å². The summed E-state index contributed by atoms with van der Waals surface area (Å²) >= 11 is 0. The lowest BCUT2D eigenvalue weighted by Gasteiger charge is -2.34. The number of aromatic nitrogens is 3. The van der Waals surface area contributed by atoms with Crippen LogP contribution in [0.4, 0.5) is 24.8 Å². The van der Waals surface area contributed by atoms with E-state index >= 15 is 0 Å². The lowest BCUT2D eigenvalue weighted by molar-refractivity contribution is -0.137. The second-order valence-electron chi connectivity index (χ2n) is 8.10. The molecule has 0 aliphatic carbocycles. The van der Waals surface area contributed by atoms with Gasteiger partial charge in [0.15, 0.2) is 0 Å². The van der Waals surface area contributed by atoms with E-state index in [0.29, 0.717) is 41.5 Å². The van der Waals surface area contributed by atoms with Crippen molar-refractivity contribution in [2.75, 3.05) is 31.7 Å². The lowest BCUT2D eigenvalue weighted by atomic mass is 9.95. The Morgan fingerprint density at radius 1 is 1.20 bits per heavy atom. The number of methoxy groups -OCH3 is 1. The average Bonchev–Trinajstić information content (AvgIpc) is 3.46. The van der Waals surface area contributed by atoms with Crippen molar-refractivity contribution in [3.63, 3.8) is 0 Å². The minimum Gasteiger partial charge on any atom is -0.383 e. The maximum absolute atomic E-state index is 13.6. The summed E-state index contributed by atoms with van der Waals surface area (Å²) in [4.78, 5) is 21.1. The van der Waals surface area contributed by atoms with Gasteiger partial charge in [0.05, 0.1) is 41.6 Å². The minimum absolute atomic E-state index is 0.174. The van der Waals surface area contributed by atoms with Crippen molar-refractivity contribution in [3.05, 3.63) is 82.8 Å². The number of alkyl halides is 3. The number of ether oxygens (including phenoxy) is 1. The van der Waals surface area contributed by atoms with E-state index in [4.69, 9.17) is 10.00 Å². The van der Waals surface area contributed by atoms with Crippen LogP contribution >= 0.6 is 0 Å². The molecule has 1 unspecified atom stereocenters. The van der Waals surface area contributed by atoms with Gasteiger partial charge in [-0.05, 0) is 35.9 Å².